The Morgan fingerprint density at radius 3 is 2.30 bits per heavy atom. The van der Waals surface area contributed by atoms with Crippen molar-refractivity contribution in [2.24, 2.45) is 0 Å². The summed E-state index contributed by atoms with van der Waals surface area (Å²) in [4.78, 5) is 12.8. The molecule has 2 rings (SSSR count). The normalized spacial score (nSPS) is 15.8. The van der Waals surface area contributed by atoms with Crippen molar-refractivity contribution in [3.8, 4) is 0 Å². The molecule has 1 aliphatic rings. The molecule has 1 aliphatic carbocycles. The molecule has 1 aromatic rings. The maximum absolute atomic E-state index is 13.3. The summed E-state index contributed by atoms with van der Waals surface area (Å²) in [5.74, 6) is -3.35. The lowest BCUT2D eigenvalue weighted by molar-refractivity contribution is 0.0647. The van der Waals surface area contributed by atoms with E-state index in [1.807, 2.05) is 0 Å². The standard InChI is InChI=1S/C12H12ClF2NO3S/c1-16(7-3-2-4-7)12(17)8-5-9(14)10(15)6-11(8)20(13,18)19/h5-7H,2-4H2,1H3. The Kier molecular flexibility index (Phi) is 4.02. The number of carbonyl (C=O) groups excluding carboxylic acids is 1. The lowest BCUT2D eigenvalue weighted by Crippen LogP contribution is -2.41. The average molecular weight is 324 g/mol. The van der Waals surface area contributed by atoms with Gasteiger partial charge in [-0.25, -0.2) is 17.2 Å². The highest BCUT2D eigenvalue weighted by molar-refractivity contribution is 8.13. The van der Waals surface area contributed by atoms with E-state index in [0.717, 1.165) is 19.3 Å². The van der Waals surface area contributed by atoms with E-state index in [4.69, 9.17) is 10.7 Å². The Labute approximate surface area is 119 Å². The first kappa shape index (κ1) is 15.2. The van der Waals surface area contributed by atoms with E-state index in [9.17, 15) is 22.0 Å². The highest BCUT2D eigenvalue weighted by Crippen LogP contribution is 2.28. The molecule has 110 valence electrons. The first-order valence-electron chi connectivity index (χ1n) is 5.92. The molecule has 0 bridgehead atoms. The SMILES string of the molecule is CN(C(=O)c1cc(F)c(F)cc1S(=O)(=O)Cl)C1CCC1. The van der Waals surface area contributed by atoms with Crippen LogP contribution in [-0.4, -0.2) is 32.3 Å². The largest absolute Gasteiger partial charge is 0.339 e. The van der Waals surface area contributed by atoms with Gasteiger partial charge in [0.2, 0.25) is 0 Å². The third kappa shape index (κ3) is 2.78. The van der Waals surface area contributed by atoms with Gasteiger partial charge in [-0.2, -0.15) is 0 Å². The summed E-state index contributed by atoms with van der Waals surface area (Å²) in [6.07, 6.45) is 2.57. The smallest absolute Gasteiger partial charge is 0.262 e. The van der Waals surface area contributed by atoms with Crippen LogP contribution < -0.4 is 0 Å². The molecule has 1 fully saturated rings. The molecule has 20 heavy (non-hydrogen) atoms. The summed E-state index contributed by atoms with van der Waals surface area (Å²) in [6.45, 7) is 0. The summed E-state index contributed by atoms with van der Waals surface area (Å²) >= 11 is 0. The summed E-state index contributed by atoms with van der Waals surface area (Å²) in [6, 6.07) is 0.989. The van der Waals surface area contributed by atoms with Crippen molar-refractivity contribution in [2.75, 3.05) is 7.05 Å². The molecule has 0 radical (unpaired) electrons. The lowest BCUT2D eigenvalue weighted by atomic mass is 9.91. The minimum absolute atomic E-state index is 0.0125. The summed E-state index contributed by atoms with van der Waals surface area (Å²) in [5, 5.41) is 0. The molecule has 1 saturated carbocycles. The molecule has 1 aromatic carbocycles. The van der Waals surface area contributed by atoms with Crippen LogP contribution in [0.15, 0.2) is 17.0 Å². The van der Waals surface area contributed by atoms with Crippen LogP contribution in [0.4, 0.5) is 8.78 Å². The van der Waals surface area contributed by atoms with Gasteiger partial charge in [0, 0.05) is 23.8 Å². The first-order chi connectivity index (χ1) is 9.21. The molecule has 0 heterocycles. The van der Waals surface area contributed by atoms with E-state index >= 15 is 0 Å². The molecule has 0 unspecified atom stereocenters. The lowest BCUT2D eigenvalue weighted by Gasteiger charge is -2.35. The third-order valence-corrected chi connectivity index (χ3v) is 4.82. The minimum atomic E-state index is -4.35. The van der Waals surface area contributed by atoms with Crippen molar-refractivity contribution in [2.45, 2.75) is 30.2 Å². The number of amides is 1. The van der Waals surface area contributed by atoms with Gasteiger partial charge in [0.05, 0.1) is 10.5 Å². The van der Waals surface area contributed by atoms with Gasteiger partial charge in [-0.05, 0) is 31.4 Å². The Hall–Kier alpha value is -1.21. The zero-order valence-corrected chi connectivity index (χ0v) is 12.1. The van der Waals surface area contributed by atoms with Gasteiger partial charge in [0.25, 0.3) is 15.0 Å². The van der Waals surface area contributed by atoms with Gasteiger partial charge in [-0.15, -0.1) is 0 Å². The number of halogens is 3. The quantitative estimate of drug-likeness (QED) is 0.803. The van der Waals surface area contributed by atoms with Gasteiger partial charge in [0.1, 0.15) is 0 Å². The maximum Gasteiger partial charge on any atom is 0.262 e. The Bertz CT molecular complexity index is 659. The molecular formula is C12H12ClF2NO3S. The second-order valence-corrected chi connectivity index (χ2v) is 7.24. The second kappa shape index (κ2) is 5.29. The van der Waals surface area contributed by atoms with Crippen LogP contribution >= 0.6 is 10.7 Å². The van der Waals surface area contributed by atoms with E-state index in [1.54, 1.807) is 0 Å². The fourth-order valence-electron chi connectivity index (χ4n) is 2.03. The highest BCUT2D eigenvalue weighted by Gasteiger charge is 2.30. The molecule has 0 aromatic heterocycles. The van der Waals surface area contributed by atoms with Crippen LogP contribution in [0.2, 0.25) is 0 Å². The first-order valence-corrected chi connectivity index (χ1v) is 8.23. The van der Waals surface area contributed by atoms with Crippen molar-refractivity contribution in [3.05, 3.63) is 29.3 Å². The summed E-state index contributed by atoms with van der Waals surface area (Å²) in [5.41, 5.74) is -0.451. The number of carbonyl (C=O) groups is 1. The number of hydrogen-bond donors (Lipinski definition) is 0. The van der Waals surface area contributed by atoms with Crippen LogP contribution in [0.25, 0.3) is 0 Å². The number of benzene rings is 1. The molecule has 0 saturated heterocycles. The molecule has 0 atom stereocenters. The molecular weight excluding hydrogens is 312 g/mol. The predicted molar refractivity (Wildman–Crippen MR) is 69.1 cm³/mol. The molecule has 0 N–H and O–H groups in total. The Morgan fingerprint density at radius 1 is 1.30 bits per heavy atom. The highest BCUT2D eigenvalue weighted by atomic mass is 35.7. The molecule has 0 spiro atoms. The van der Waals surface area contributed by atoms with Crippen molar-refractivity contribution < 1.29 is 22.0 Å². The van der Waals surface area contributed by atoms with Gasteiger partial charge in [-0.1, -0.05) is 0 Å². The topological polar surface area (TPSA) is 54.5 Å². The van der Waals surface area contributed by atoms with Crippen molar-refractivity contribution in [1.29, 1.82) is 0 Å². The van der Waals surface area contributed by atoms with E-state index in [0.29, 0.717) is 12.1 Å². The van der Waals surface area contributed by atoms with Crippen LogP contribution in [-0.2, 0) is 9.05 Å². The molecule has 0 aliphatic heterocycles. The summed E-state index contributed by atoms with van der Waals surface area (Å²) in [7, 11) is 2.33. The van der Waals surface area contributed by atoms with E-state index in [2.05, 4.69) is 0 Å². The molecule has 8 heteroatoms. The van der Waals surface area contributed by atoms with Gasteiger partial charge >= 0.3 is 0 Å². The van der Waals surface area contributed by atoms with E-state index in [1.165, 1.54) is 11.9 Å². The zero-order valence-electron chi connectivity index (χ0n) is 10.6. The fourth-order valence-corrected chi connectivity index (χ4v) is 3.06. The van der Waals surface area contributed by atoms with Crippen molar-refractivity contribution >= 4 is 25.6 Å². The van der Waals surface area contributed by atoms with E-state index in [-0.39, 0.29) is 6.04 Å². The van der Waals surface area contributed by atoms with Crippen LogP contribution in [0.3, 0.4) is 0 Å². The van der Waals surface area contributed by atoms with Crippen molar-refractivity contribution in [1.82, 2.24) is 4.90 Å². The minimum Gasteiger partial charge on any atom is -0.339 e. The Morgan fingerprint density at radius 2 is 1.85 bits per heavy atom. The van der Waals surface area contributed by atoms with Crippen LogP contribution in [0, 0.1) is 11.6 Å². The van der Waals surface area contributed by atoms with Crippen LogP contribution in [0.5, 0.6) is 0 Å². The van der Waals surface area contributed by atoms with Gasteiger partial charge in [0.15, 0.2) is 11.6 Å². The summed E-state index contributed by atoms with van der Waals surface area (Å²) < 4.78 is 49.3. The number of hydrogen-bond acceptors (Lipinski definition) is 3. The fraction of sp³-hybridized carbons (Fsp3) is 0.417. The van der Waals surface area contributed by atoms with Crippen molar-refractivity contribution in [3.63, 3.8) is 0 Å². The van der Waals surface area contributed by atoms with Gasteiger partial charge in [-0.3, -0.25) is 4.79 Å². The zero-order chi connectivity index (χ0) is 15.1. The third-order valence-electron chi connectivity index (χ3n) is 3.46. The average Bonchev–Trinajstić information content (AvgIpc) is 2.27. The Balaban J connectivity index is 2.49. The van der Waals surface area contributed by atoms with E-state index < -0.39 is 37.1 Å². The predicted octanol–water partition coefficient (Wildman–Crippen LogP) is 2.52. The maximum atomic E-state index is 13.3. The van der Waals surface area contributed by atoms with Gasteiger partial charge < -0.3 is 4.90 Å². The molecule has 4 nitrogen and oxygen atoms in total. The van der Waals surface area contributed by atoms with Crippen LogP contribution in [0.1, 0.15) is 29.6 Å². The number of rotatable bonds is 3. The molecule has 1 amide bonds. The monoisotopic (exact) mass is 323 g/mol. The second-order valence-electron chi connectivity index (χ2n) is 4.70. The number of nitrogens with zero attached hydrogens (tertiary/aromatic N) is 1.